The van der Waals surface area contributed by atoms with Crippen molar-refractivity contribution in [2.24, 2.45) is 0 Å². The molecular formula is C15H10FNO3. The zero-order valence-corrected chi connectivity index (χ0v) is 10.6. The lowest BCUT2D eigenvalue weighted by Gasteiger charge is -2.15. The fourth-order valence-corrected chi connectivity index (χ4v) is 2.20. The molecule has 2 amide bonds. The fourth-order valence-electron chi connectivity index (χ4n) is 2.20. The number of carbonyl (C=O) groups excluding carboxylic acids is 2. The third kappa shape index (κ3) is 1.67. The second-order valence-corrected chi connectivity index (χ2v) is 4.31. The highest BCUT2D eigenvalue weighted by Gasteiger charge is 2.37. The summed E-state index contributed by atoms with van der Waals surface area (Å²) in [7, 11) is 1.43. The molecule has 0 saturated carbocycles. The summed E-state index contributed by atoms with van der Waals surface area (Å²) in [5.41, 5.74) is 0.454. The highest BCUT2D eigenvalue weighted by molar-refractivity contribution is 6.34. The Balaban J connectivity index is 2.14. The van der Waals surface area contributed by atoms with E-state index in [1.165, 1.54) is 19.2 Å². The van der Waals surface area contributed by atoms with E-state index < -0.39 is 17.6 Å². The standard InChI is InChI=1S/C15H10FNO3/c1-20-9-6-7-12(16)13(8-9)17-14(18)10-4-2-3-5-11(10)15(17)19/h2-8H,1H3. The lowest BCUT2D eigenvalue weighted by molar-refractivity contribution is 0.0925. The molecule has 20 heavy (non-hydrogen) atoms. The van der Waals surface area contributed by atoms with Crippen LogP contribution in [0.4, 0.5) is 10.1 Å². The molecule has 0 N–H and O–H groups in total. The SMILES string of the molecule is COc1ccc(F)c(N2C(=O)c3ccccc3C2=O)c1. The Morgan fingerprint density at radius 1 is 1.00 bits per heavy atom. The van der Waals surface area contributed by atoms with E-state index in [0.717, 1.165) is 11.0 Å². The van der Waals surface area contributed by atoms with Crippen molar-refractivity contribution >= 4 is 17.5 Å². The third-order valence-corrected chi connectivity index (χ3v) is 3.19. The molecular weight excluding hydrogens is 261 g/mol. The van der Waals surface area contributed by atoms with Crippen LogP contribution < -0.4 is 9.64 Å². The van der Waals surface area contributed by atoms with E-state index >= 15 is 0 Å². The van der Waals surface area contributed by atoms with Gasteiger partial charge >= 0.3 is 0 Å². The number of ether oxygens (including phenoxy) is 1. The van der Waals surface area contributed by atoms with Gasteiger partial charge in [-0.1, -0.05) is 12.1 Å². The van der Waals surface area contributed by atoms with Crippen LogP contribution in [0, 0.1) is 5.82 Å². The van der Waals surface area contributed by atoms with E-state index in [1.807, 2.05) is 0 Å². The maximum Gasteiger partial charge on any atom is 0.266 e. The number of benzene rings is 2. The number of nitrogens with zero attached hydrogens (tertiary/aromatic N) is 1. The number of rotatable bonds is 2. The highest BCUT2D eigenvalue weighted by atomic mass is 19.1. The molecule has 0 spiro atoms. The van der Waals surface area contributed by atoms with Crippen molar-refractivity contribution in [3.05, 3.63) is 59.4 Å². The molecule has 5 heteroatoms. The maximum absolute atomic E-state index is 13.9. The van der Waals surface area contributed by atoms with Gasteiger partial charge in [-0.15, -0.1) is 0 Å². The van der Waals surface area contributed by atoms with Crippen LogP contribution >= 0.6 is 0 Å². The molecule has 0 fully saturated rings. The second kappa shape index (κ2) is 4.45. The molecule has 100 valence electrons. The van der Waals surface area contributed by atoms with E-state index in [0.29, 0.717) is 5.75 Å². The second-order valence-electron chi connectivity index (χ2n) is 4.31. The van der Waals surface area contributed by atoms with Crippen molar-refractivity contribution in [1.82, 2.24) is 0 Å². The van der Waals surface area contributed by atoms with Crippen LogP contribution in [-0.4, -0.2) is 18.9 Å². The summed E-state index contributed by atoms with van der Waals surface area (Å²) in [6.45, 7) is 0. The number of anilines is 1. The number of carbonyl (C=O) groups is 2. The third-order valence-electron chi connectivity index (χ3n) is 3.19. The number of imide groups is 1. The van der Waals surface area contributed by atoms with Crippen LogP contribution in [0.5, 0.6) is 5.75 Å². The first-order valence-corrected chi connectivity index (χ1v) is 5.95. The molecule has 1 aliphatic rings. The summed E-state index contributed by atoms with van der Waals surface area (Å²) >= 11 is 0. The van der Waals surface area contributed by atoms with Crippen molar-refractivity contribution in [3.63, 3.8) is 0 Å². The minimum Gasteiger partial charge on any atom is -0.497 e. The molecule has 3 rings (SSSR count). The van der Waals surface area contributed by atoms with Gasteiger partial charge in [-0.25, -0.2) is 9.29 Å². The van der Waals surface area contributed by atoms with Gasteiger partial charge in [-0.05, 0) is 24.3 Å². The zero-order chi connectivity index (χ0) is 14.3. The smallest absolute Gasteiger partial charge is 0.266 e. The average molecular weight is 271 g/mol. The van der Waals surface area contributed by atoms with Gasteiger partial charge in [0.05, 0.1) is 23.9 Å². The van der Waals surface area contributed by atoms with E-state index in [4.69, 9.17) is 4.74 Å². The number of methoxy groups -OCH3 is 1. The number of fused-ring (bicyclic) bond motifs is 1. The molecule has 0 aromatic heterocycles. The monoisotopic (exact) mass is 271 g/mol. The average Bonchev–Trinajstić information content (AvgIpc) is 2.72. The molecule has 2 aromatic rings. The summed E-state index contributed by atoms with van der Waals surface area (Å²) in [5, 5.41) is 0. The summed E-state index contributed by atoms with van der Waals surface area (Å²) in [4.78, 5) is 25.3. The topological polar surface area (TPSA) is 46.6 Å². The van der Waals surface area contributed by atoms with Crippen LogP contribution in [0.15, 0.2) is 42.5 Å². The van der Waals surface area contributed by atoms with Crippen molar-refractivity contribution in [1.29, 1.82) is 0 Å². The highest BCUT2D eigenvalue weighted by Crippen LogP contribution is 2.32. The molecule has 4 nitrogen and oxygen atoms in total. The summed E-state index contributed by atoms with van der Waals surface area (Å²) in [6, 6.07) is 10.3. The Labute approximate surface area is 114 Å². The summed E-state index contributed by atoms with van der Waals surface area (Å²) < 4.78 is 18.9. The Morgan fingerprint density at radius 3 is 2.15 bits per heavy atom. The Kier molecular flexibility index (Phi) is 2.75. The molecule has 0 saturated heterocycles. The molecule has 0 unspecified atom stereocenters. The van der Waals surface area contributed by atoms with Crippen molar-refractivity contribution in [3.8, 4) is 5.75 Å². The normalized spacial score (nSPS) is 13.6. The molecule has 0 radical (unpaired) electrons. The molecule has 0 atom stereocenters. The molecule has 2 aromatic carbocycles. The molecule has 0 aliphatic carbocycles. The fraction of sp³-hybridized carbons (Fsp3) is 0.0667. The van der Waals surface area contributed by atoms with Crippen LogP contribution in [0.2, 0.25) is 0 Å². The first kappa shape index (κ1) is 12.3. The van der Waals surface area contributed by atoms with Gasteiger partial charge in [-0.3, -0.25) is 9.59 Å². The number of hydrogen-bond acceptors (Lipinski definition) is 3. The number of hydrogen-bond donors (Lipinski definition) is 0. The van der Waals surface area contributed by atoms with Crippen LogP contribution in [0.25, 0.3) is 0 Å². The van der Waals surface area contributed by atoms with Crippen LogP contribution in [-0.2, 0) is 0 Å². The largest absolute Gasteiger partial charge is 0.497 e. The number of amides is 2. The van der Waals surface area contributed by atoms with Crippen LogP contribution in [0.3, 0.4) is 0 Å². The lowest BCUT2D eigenvalue weighted by Crippen LogP contribution is -2.30. The molecule has 0 bridgehead atoms. The van der Waals surface area contributed by atoms with Gasteiger partial charge in [0.15, 0.2) is 0 Å². The van der Waals surface area contributed by atoms with E-state index in [9.17, 15) is 14.0 Å². The van der Waals surface area contributed by atoms with Gasteiger partial charge in [-0.2, -0.15) is 0 Å². The summed E-state index contributed by atoms with van der Waals surface area (Å²) in [5.74, 6) is -1.34. The summed E-state index contributed by atoms with van der Waals surface area (Å²) in [6.07, 6.45) is 0. The van der Waals surface area contributed by atoms with Gasteiger partial charge < -0.3 is 4.74 Å². The maximum atomic E-state index is 13.9. The Bertz CT molecular complexity index is 692. The van der Waals surface area contributed by atoms with Gasteiger partial charge in [0.25, 0.3) is 11.8 Å². The zero-order valence-electron chi connectivity index (χ0n) is 10.6. The van der Waals surface area contributed by atoms with Crippen LogP contribution in [0.1, 0.15) is 20.7 Å². The quantitative estimate of drug-likeness (QED) is 0.789. The van der Waals surface area contributed by atoms with Gasteiger partial charge in [0, 0.05) is 6.07 Å². The Hall–Kier alpha value is -2.69. The first-order chi connectivity index (χ1) is 9.63. The predicted octanol–water partition coefficient (Wildman–Crippen LogP) is 2.63. The van der Waals surface area contributed by atoms with Gasteiger partial charge in [0.2, 0.25) is 0 Å². The molecule has 1 aliphatic heterocycles. The van der Waals surface area contributed by atoms with Crippen molar-refractivity contribution in [2.75, 3.05) is 12.0 Å². The van der Waals surface area contributed by atoms with Crippen molar-refractivity contribution < 1.29 is 18.7 Å². The first-order valence-electron chi connectivity index (χ1n) is 5.95. The van der Waals surface area contributed by atoms with Gasteiger partial charge in [0.1, 0.15) is 11.6 Å². The minimum atomic E-state index is -0.652. The predicted molar refractivity (Wildman–Crippen MR) is 70.5 cm³/mol. The molecule has 1 heterocycles. The van der Waals surface area contributed by atoms with E-state index in [-0.39, 0.29) is 16.8 Å². The lowest BCUT2D eigenvalue weighted by atomic mass is 10.1. The number of halogens is 1. The minimum absolute atomic E-state index is 0.101. The Morgan fingerprint density at radius 2 is 1.60 bits per heavy atom. The van der Waals surface area contributed by atoms with E-state index in [1.54, 1.807) is 24.3 Å². The van der Waals surface area contributed by atoms with E-state index in [2.05, 4.69) is 0 Å². The van der Waals surface area contributed by atoms with Crippen molar-refractivity contribution in [2.45, 2.75) is 0 Å².